The lowest BCUT2D eigenvalue weighted by Gasteiger charge is -2.42. The SMILES string of the molecule is CO[Si](OC)(OC)c1c(F)c(F)c([B-](Cc2c(F)c(F)c(F)c(F)c2F)(Cc2c(F)c(F)c(F)c(F)c2F)Cc2c(F)c(F)c(F)c(F)c2F)c(F)c1F.C[NH+](C)c1ccccc1. The second-order valence-corrected chi connectivity index (χ2v) is 16.7. The summed E-state index contributed by atoms with van der Waals surface area (Å²) in [4.78, 5) is 1.37. The van der Waals surface area contributed by atoms with Crippen molar-refractivity contribution in [1.82, 2.24) is 0 Å². The lowest BCUT2D eigenvalue weighted by Crippen LogP contribution is -3.00. The van der Waals surface area contributed by atoms with E-state index < -0.39 is 172 Å². The van der Waals surface area contributed by atoms with E-state index in [1.54, 1.807) is 0 Å². The zero-order valence-electron chi connectivity index (χ0n) is 32.5. The number of para-hydroxylation sites is 1. The van der Waals surface area contributed by atoms with Crippen LogP contribution in [-0.2, 0) is 32.2 Å². The first kappa shape index (κ1) is 50.5. The van der Waals surface area contributed by atoms with Crippen molar-refractivity contribution in [3.8, 4) is 0 Å². The zero-order valence-corrected chi connectivity index (χ0v) is 33.5. The van der Waals surface area contributed by atoms with E-state index in [0.29, 0.717) is 21.3 Å². The van der Waals surface area contributed by atoms with Crippen LogP contribution in [0.4, 0.5) is 89.1 Å². The quantitative estimate of drug-likeness (QED) is 0.0599. The molecule has 0 heterocycles. The number of rotatable bonds is 12. The largest absolute Gasteiger partial charge is 0.542 e. The molecule has 0 aliphatic carbocycles. The first-order valence-corrected chi connectivity index (χ1v) is 19.1. The number of hydrogen-bond donors (Lipinski definition) is 1. The van der Waals surface area contributed by atoms with Gasteiger partial charge in [0, 0.05) is 27.5 Å². The maximum Gasteiger partial charge on any atom is 0.542 e. The fourth-order valence-electron chi connectivity index (χ4n) is 6.97. The van der Waals surface area contributed by atoms with Crippen molar-refractivity contribution in [2.45, 2.75) is 19.0 Å². The van der Waals surface area contributed by atoms with Gasteiger partial charge in [0.15, 0.2) is 81.4 Å². The van der Waals surface area contributed by atoms with Gasteiger partial charge in [0.2, 0.25) is 17.5 Å². The molecule has 0 aliphatic rings. The topological polar surface area (TPSA) is 32.1 Å². The predicted octanol–water partition coefficient (Wildman–Crippen LogP) is 7.88. The van der Waals surface area contributed by atoms with Crippen LogP contribution in [0.15, 0.2) is 30.3 Å². The summed E-state index contributed by atoms with van der Waals surface area (Å²) >= 11 is 0. The van der Waals surface area contributed by atoms with Gasteiger partial charge in [0.1, 0.15) is 17.3 Å². The molecule has 0 spiro atoms. The van der Waals surface area contributed by atoms with Gasteiger partial charge in [-0.25, -0.2) is 83.4 Å². The Kier molecular flexibility index (Phi) is 15.5. The molecule has 0 aliphatic heterocycles. The highest BCUT2D eigenvalue weighted by Crippen LogP contribution is 2.36. The van der Waals surface area contributed by atoms with E-state index in [-0.39, 0.29) is 0 Å². The van der Waals surface area contributed by atoms with Gasteiger partial charge >= 0.3 is 8.80 Å². The molecule has 5 aromatic carbocycles. The minimum atomic E-state index is -5.39. The van der Waals surface area contributed by atoms with Crippen LogP contribution in [0.25, 0.3) is 0 Å². The number of benzene rings is 5. The Bertz CT molecular complexity index is 2270. The summed E-state index contributed by atoms with van der Waals surface area (Å²) in [6, 6.07) is 10.4. The van der Waals surface area contributed by atoms with Crippen molar-refractivity contribution in [2.75, 3.05) is 35.4 Å². The molecule has 0 radical (unpaired) electrons. The molecule has 0 bridgehead atoms. The van der Waals surface area contributed by atoms with E-state index in [1.807, 2.05) is 6.07 Å². The Balaban J connectivity index is 0.000000858. The molecule has 1 N–H and O–H groups in total. The highest BCUT2D eigenvalue weighted by Gasteiger charge is 2.51. The lowest BCUT2D eigenvalue weighted by molar-refractivity contribution is -0.786. The maximum absolute atomic E-state index is 16.4. The number of nitrogens with one attached hydrogen (secondary N) is 1. The normalized spacial score (nSPS) is 12.0. The minimum Gasteiger partial charge on any atom is -0.373 e. The third kappa shape index (κ3) is 8.89. The smallest absolute Gasteiger partial charge is 0.373 e. The maximum atomic E-state index is 16.4. The van der Waals surface area contributed by atoms with Crippen LogP contribution >= 0.6 is 0 Å². The molecule has 0 aromatic heterocycles. The van der Waals surface area contributed by atoms with Gasteiger partial charge < -0.3 is 18.2 Å². The van der Waals surface area contributed by atoms with Gasteiger partial charge in [0.05, 0.1) is 19.3 Å². The molecule has 5 aromatic rings. The summed E-state index contributed by atoms with van der Waals surface area (Å²) in [5.41, 5.74) is -8.42. The van der Waals surface area contributed by atoms with Crippen molar-refractivity contribution < 1.29 is 102 Å². The highest BCUT2D eigenvalue weighted by atomic mass is 28.4. The van der Waals surface area contributed by atoms with Gasteiger partial charge in [-0.05, 0) is 28.8 Å². The Morgan fingerprint density at radius 3 is 0.857 bits per heavy atom. The third-order valence-corrected chi connectivity index (χ3v) is 12.7. The van der Waals surface area contributed by atoms with Crippen LogP contribution in [0.2, 0.25) is 0 Å². The average molecular weight is 945 g/mol. The summed E-state index contributed by atoms with van der Waals surface area (Å²) < 4.78 is 299. The van der Waals surface area contributed by atoms with Gasteiger partial charge in [-0.2, -0.15) is 0 Å². The lowest BCUT2D eigenvalue weighted by atomic mass is 9.15. The van der Waals surface area contributed by atoms with Crippen molar-refractivity contribution in [2.24, 2.45) is 0 Å². The first-order chi connectivity index (χ1) is 29.3. The van der Waals surface area contributed by atoms with Crippen LogP contribution in [0.1, 0.15) is 16.7 Å². The molecule has 342 valence electrons. The Morgan fingerprint density at radius 2 is 0.635 bits per heavy atom. The summed E-state index contributed by atoms with van der Waals surface area (Å²) in [6.45, 7) is 0. The van der Waals surface area contributed by atoms with E-state index >= 15 is 43.9 Å². The van der Waals surface area contributed by atoms with Crippen LogP contribution in [-0.4, -0.2) is 50.4 Å². The molecule has 0 fully saturated rings. The molecule has 0 saturated carbocycles. The molecule has 4 nitrogen and oxygen atoms in total. The minimum absolute atomic E-state index is 0.603. The van der Waals surface area contributed by atoms with Crippen LogP contribution in [0, 0.1) is 111 Å². The van der Waals surface area contributed by atoms with Crippen molar-refractivity contribution in [3.05, 3.63) is 158 Å². The first-order valence-electron chi connectivity index (χ1n) is 17.4. The van der Waals surface area contributed by atoms with E-state index in [9.17, 15) is 39.5 Å². The second-order valence-electron chi connectivity index (χ2n) is 13.8. The molecule has 0 amide bonds. The Hall–Kier alpha value is -5.11. The zero-order chi connectivity index (χ0) is 47.8. The van der Waals surface area contributed by atoms with Crippen molar-refractivity contribution in [1.29, 1.82) is 0 Å². The molecular weight excluding hydrogens is 918 g/mol. The average Bonchev–Trinajstić information content (AvgIpc) is 3.28. The summed E-state index contributed by atoms with van der Waals surface area (Å²) in [7, 11) is 0.876. The van der Waals surface area contributed by atoms with Crippen molar-refractivity contribution >= 4 is 31.3 Å². The summed E-state index contributed by atoms with van der Waals surface area (Å²) in [5, 5.41) is -1.93. The number of hydrogen-bond acceptors (Lipinski definition) is 3. The number of halogens is 19. The number of quaternary nitrogens is 1. The summed E-state index contributed by atoms with van der Waals surface area (Å²) in [5.74, 6) is -55.8. The second kappa shape index (κ2) is 19.3. The fourth-order valence-corrected chi connectivity index (χ4v) is 8.84. The van der Waals surface area contributed by atoms with E-state index in [2.05, 4.69) is 38.4 Å². The molecule has 5 rings (SSSR count). The van der Waals surface area contributed by atoms with Crippen LogP contribution in [0.3, 0.4) is 0 Å². The Labute approximate surface area is 344 Å². The molecule has 25 heteroatoms. The monoisotopic (exact) mass is 945 g/mol. The molecule has 0 atom stereocenters. The van der Waals surface area contributed by atoms with Crippen LogP contribution in [0.5, 0.6) is 0 Å². The highest BCUT2D eigenvalue weighted by molar-refractivity contribution is 6.90. The Morgan fingerprint density at radius 1 is 0.381 bits per heavy atom. The van der Waals surface area contributed by atoms with E-state index in [4.69, 9.17) is 13.3 Å². The standard InChI is InChI=1S/C30H15BF19O3Si.C8H11N/c1-51-54(52-2,53-3)30-28(49)17(38)10(18(39)29(30)50)31(4-7-11(32)19(40)25(46)20(41)12(7)33,5-8-13(34)21(42)26(47)22(43)14(8)35)6-9-15(36)23(44)27(48)24(45)16(9)37;1-9(2)8-6-4-3-5-7-8/h4-6H2,1-3H3;3-7H,1-2H3/q-1;/p+1. The molecular formula is C38H27BF19NO3Si. The van der Waals surface area contributed by atoms with E-state index in [0.717, 1.165) is 0 Å². The molecule has 63 heavy (non-hydrogen) atoms. The predicted molar refractivity (Wildman–Crippen MR) is 187 cm³/mol. The molecule has 0 saturated heterocycles. The van der Waals surface area contributed by atoms with Gasteiger partial charge in [-0.3, -0.25) is 0 Å². The van der Waals surface area contributed by atoms with Crippen molar-refractivity contribution in [3.63, 3.8) is 0 Å². The summed E-state index contributed by atoms with van der Waals surface area (Å²) in [6.07, 6.45) is -13.1. The fraction of sp³-hybridized carbons (Fsp3) is 0.211. The van der Waals surface area contributed by atoms with E-state index in [1.165, 1.54) is 10.6 Å². The van der Waals surface area contributed by atoms with Gasteiger partial charge in [-0.1, -0.05) is 18.2 Å². The van der Waals surface area contributed by atoms with Gasteiger partial charge in [-0.15, -0.1) is 24.4 Å². The molecule has 0 unspecified atom stereocenters. The third-order valence-electron chi connectivity index (χ3n) is 10.1. The van der Waals surface area contributed by atoms with Crippen LogP contribution < -0.4 is 15.5 Å². The van der Waals surface area contributed by atoms with Gasteiger partial charge in [0.25, 0.3) is 0 Å².